The second-order valence-electron chi connectivity index (χ2n) is 3.76. The van der Waals surface area contributed by atoms with Crippen LogP contribution in [0.25, 0.3) is 0 Å². The van der Waals surface area contributed by atoms with E-state index in [9.17, 15) is 0 Å². The van der Waals surface area contributed by atoms with Crippen molar-refractivity contribution in [2.75, 3.05) is 13.7 Å². The standard InChI is InChI=1S/C11H20N2O2/c1-5-10(7-14-4)13-9(3)11-12-6-8(2)15-11/h6,9-10,13H,5,7H2,1-4H3. The van der Waals surface area contributed by atoms with E-state index in [2.05, 4.69) is 17.2 Å². The first-order chi connectivity index (χ1) is 7.17. The van der Waals surface area contributed by atoms with Gasteiger partial charge in [0, 0.05) is 13.2 Å². The van der Waals surface area contributed by atoms with E-state index in [1.807, 2.05) is 13.8 Å². The molecule has 0 aliphatic heterocycles. The van der Waals surface area contributed by atoms with Gasteiger partial charge in [-0.05, 0) is 20.3 Å². The summed E-state index contributed by atoms with van der Waals surface area (Å²) in [5, 5.41) is 3.42. The number of ether oxygens (including phenoxy) is 1. The van der Waals surface area contributed by atoms with Gasteiger partial charge in [0.2, 0.25) is 5.89 Å². The Morgan fingerprint density at radius 2 is 2.33 bits per heavy atom. The SMILES string of the molecule is CCC(COC)NC(C)c1ncc(C)o1. The zero-order valence-corrected chi connectivity index (χ0v) is 9.91. The van der Waals surface area contributed by atoms with Crippen molar-refractivity contribution in [1.29, 1.82) is 0 Å². The Balaban J connectivity index is 2.50. The molecule has 4 nitrogen and oxygen atoms in total. The molecule has 2 atom stereocenters. The van der Waals surface area contributed by atoms with Crippen molar-refractivity contribution in [3.05, 3.63) is 17.8 Å². The summed E-state index contributed by atoms with van der Waals surface area (Å²) in [7, 11) is 1.71. The molecule has 4 heteroatoms. The highest BCUT2D eigenvalue weighted by Gasteiger charge is 2.15. The number of nitrogens with one attached hydrogen (secondary N) is 1. The molecule has 15 heavy (non-hydrogen) atoms. The minimum atomic E-state index is 0.124. The lowest BCUT2D eigenvalue weighted by atomic mass is 10.2. The number of hydrogen-bond donors (Lipinski definition) is 1. The molecule has 0 amide bonds. The maximum atomic E-state index is 5.45. The van der Waals surface area contributed by atoms with E-state index in [1.165, 1.54) is 0 Å². The van der Waals surface area contributed by atoms with Gasteiger partial charge < -0.3 is 14.5 Å². The number of hydrogen-bond acceptors (Lipinski definition) is 4. The van der Waals surface area contributed by atoms with E-state index in [1.54, 1.807) is 13.3 Å². The molecule has 0 radical (unpaired) electrons. The van der Waals surface area contributed by atoms with Crippen molar-refractivity contribution in [2.45, 2.75) is 39.3 Å². The number of oxazole rings is 1. The van der Waals surface area contributed by atoms with Crippen LogP contribution in [0.4, 0.5) is 0 Å². The maximum absolute atomic E-state index is 5.45. The van der Waals surface area contributed by atoms with Crippen LogP contribution in [0.15, 0.2) is 10.6 Å². The molecule has 0 fully saturated rings. The fourth-order valence-corrected chi connectivity index (χ4v) is 1.48. The predicted molar refractivity (Wildman–Crippen MR) is 58.7 cm³/mol. The van der Waals surface area contributed by atoms with Crippen molar-refractivity contribution >= 4 is 0 Å². The maximum Gasteiger partial charge on any atom is 0.211 e. The van der Waals surface area contributed by atoms with E-state index in [0.717, 1.165) is 18.1 Å². The third kappa shape index (κ3) is 3.64. The summed E-state index contributed by atoms with van der Waals surface area (Å²) in [6.45, 7) is 6.78. The minimum Gasteiger partial charge on any atom is -0.444 e. The van der Waals surface area contributed by atoms with Gasteiger partial charge in [0.25, 0.3) is 0 Å². The van der Waals surface area contributed by atoms with Crippen LogP contribution in [0.1, 0.15) is 38.0 Å². The molecule has 1 rings (SSSR count). The molecule has 86 valence electrons. The molecule has 1 heterocycles. The predicted octanol–water partition coefficient (Wildman–Crippen LogP) is 2.06. The fourth-order valence-electron chi connectivity index (χ4n) is 1.48. The van der Waals surface area contributed by atoms with Gasteiger partial charge in [-0.2, -0.15) is 0 Å². The molecule has 0 spiro atoms. The summed E-state index contributed by atoms with van der Waals surface area (Å²) in [5.41, 5.74) is 0. The summed E-state index contributed by atoms with van der Waals surface area (Å²) >= 11 is 0. The molecule has 1 N–H and O–H groups in total. The molecule has 0 aliphatic rings. The third-order valence-corrected chi connectivity index (χ3v) is 2.36. The second-order valence-corrected chi connectivity index (χ2v) is 3.76. The second kappa shape index (κ2) is 5.88. The molecule has 0 saturated heterocycles. The van der Waals surface area contributed by atoms with Gasteiger partial charge in [-0.3, -0.25) is 0 Å². The minimum absolute atomic E-state index is 0.124. The van der Waals surface area contributed by atoms with E-state index in [0.29, 0.717) is 12.6 Å². The molecule has 0 aliphatic carbocycles. The molecule has 2 unspecified atom stereocenters. The molecule has 0 aromatic carbocycles. The fraction of sp³-hybridized carbons (Fsp3) is 0.727. The van der Waals surface area contributed by atoms with Crippen LogP contribution in [0.3, 0.4) is 0 Å². The Kier molecular flexibility index (Phi) is 4.78. The van der Waals surface area contributed by atoms with Crippen molar-refractivity contribution in [1.82, 2.24) is 10.3 Å². The normalized spacial score (nSPS) is 15.2. The monoisotopic (exact) mass is 212 g/mol. The number of aryl methyl sites for hydroxylation is 1. The van der Waals surface area contributed by atoms with E-state index in [4.69, 9.17) is 9.15 Å². The van der Waals surface area contributed by atoms with Gasteiger partial charge in [-0.15, -0.1) is 0 Å². The van der Waals surface area contributed by atoms with Crippen LogP contribution < -0.4 is 5.32 Å². The van der Waals surface area contributed by atoms with Crippen molar-refractivity contribution < 1.29 is 9.15 Å². The zero-order valence-electron chi connectivity index (χ0n) is 9.91. The van der Waals surface area contributed by atoms with Gasteiger partial charge in [-0.1, -0.05) is 6.92 Å². The lowest BCUT2D eigenvalue weighted by Crippen LogP contribution is -2.34. The zero-order chi connectivity index (χ0) is 11.3. The first kappa shape index (κ1) is 12.2. The first-order valence-corrected chi connectivity index (χ1v) is 5.34. The highest BCUT2D eigenvalue weighted by Crippen LogP contribution is 2.13. The summed E-state index contributed by atoms with van der Waals surface area (Å²) < 4.78 is 10.6. The lowest BCUT2D eigenvalue weighted by Gasteiger charge is -2.19. The molecule has 0 saturated carbocycles. The third-order valence-electron chi connectivity index (χ3n) is 2.36. The number of rotatable bonds is 6. The Labute approximate surface area is 91.0 Å². The van der Waals surface area contributed by atoms with Gasteiger partial charge in [0.15, 0.2) is 0 Å². The van der Waals surface area contributed by atoms with Crippen LogP contribution >= 0.6 is 0 Å². The Bertz CT molecular complexity index is 286. The van der Waals surface area contributed by atoms with Crippen molar-refractivity contribution in [3.8, 4) is 0 Å². The molecular formula is C11H20N2O2. The van der Waals surface area contributed by atoms with E-state index in [-0.39, 0.29) is 6.04 Å². The smallest absolute Gasteiger partial charge is 0.211 e. The van der Waals surface area contributed by atoms with Crippen molar-refractivity contribution in [3.63, 3.8) is 0 Å². The van der Waals surface area contributed by atoms with Crippen LogP contribution in [-0.4, -0.2) is 24.7 Å². The van der Waals surface area contributed by atoms with Gasteiger partial charge in [-0.25, -0.2) is 4.98 Å². The Morgan fingerprint density at radius 1 is 1.60 bits per heavy atom. The summed E-state index contributed by atoms with van der Waals surface area (Å²) in [6.07, 6.45) is 2.77. The topological polar surface area (TPSA) is 47.3 Å². The van der Waals surface area contributed by atoms with Crippen LogP contribution in [0.5, 0.6) is 0 Å². The quantitative estimate of drug-likeness (QED) is 0.784. The van der Waals surface area contributed by atoms with Crippen LogP contribution in [0.2, 0.25) is 0 Å². The average Bonchev–Trinajstić information content (AvgIpc) is 2.64. The molecule has 0 bridgehead atoms. The number of nitrogens with zero attached hydrogens (tertiary/aromatic N) is 1. The van der Waals surface area contributed by atoms with Crippen LogP contribution in [-0.2, 0) is 4.74 Å². The highest BCUT2D eigenvalue weighted by atomic mass is 16.5. The van der Waals surface area contributed by atoms with Crippen LogP contribution in [0, 0.1) is 6.92 Å². The average molecular weight is 212 g/mol. The largest absolute Gasteiger partial charge is 0.444 e. The van der Waals surface area contributed by atoms with Gasteiger partial charge in [0.05, 0.1) is 18.8 Å². The number of methoxy groups -OCH3 is 1. The van der Waals surface area contributed by atoms with Crippen molar-refractivity contribution in [2.24, 2.45) is 0 Å². The number of aromatic nitrogens is 1. The van der Waals surface area contributed by atoms with E-state index >= 15 is 0 Å². The summed E-state index contributed by atoms with van der Waals surface area (Å²) in [5.74, 6) is 1.58. The molecular weight excluding hydrogens is 192 g/mol. The summed E-state index contributed by atoms with van der Waals surface area (Å²) in [4.78, 5) is 4.19. The first-order valence-electron chi connectivity index (χ1n) is 5.34. The van der Waals surface area contributed by atoms with Gasteiger partial charge in [0.1, 0.15) is 5.76 Å². The molecule has 1 aromatic heterocycles. The lowest BCUT2D eigenvalue weighted by molar-refractivity contribution is 0.157. The van der Waals surface area contributed by atoms with Gasteiger partial charge >= 0.3 is 0 Å². The highest BCUT2D eigenvalue weighted by molar-refractivity contribution is 4.95. The molecule has 1 aromatic rings. The summed E-state index contributed by atoms with van der Waals surface area (Å²) in [6, 6.07) is 0.469. The Morgan fingerprint density at radius 3 is 2.80 bits per heavy atom. The Hall–Kier alpha value is -0.870. The van der Waals surface area contributed by atoms with E-state index < -0.39 is 0 Å².